The molecule has 6 nitrogen and oxygen atoms in total. The molecule has 1 atom stereocenters. The molecule has 130 valence electrons. The minimum absolute atomic E-state index is 0.00201. The first kappa shape index (κ1) is 18.1. The first-order valence-electron chi connectivity index (χ1n) is 7.37. The largest absolute Gasteiger partial charge is 0.465 e. The fourth-order valence-electron chi connectivity index (χ4n) is 1.94. The van der Waals surface area contributed by atoms with Crippen molar-refractivity contribution in [2.24, 2.45) is 0 Å². The Morgan fingerprint density at radius 1 is 0.960 bits per heavy atom. The first-order valence-corrected chi connectivity index (χ1v) is 7.37. The van der Waals surface area contributed by atoms with E-state index in [-0.39, 0.29) is 16.8 Å². The number of carbonyl (C=O) groups is 3. The van der Waals surface area contributed by atoms with Crippen LogP contribution in [0.5, 0.6) is 0 Å². The lowest BCUT2D eigenvalue weighted by Crippen LogP contribution is -2.30. The highest BCUT2D eigenvalue weighted by Crippen LogP contribution is 2.14. The SMILES string of the molecule is COC(=O)c1ccc(C(=O)O[C@@H](C)C(=O)Nc2ccccc2F)cc1. The molecule has 1 amide bonds. The van der Waals surface area contributed by atoms with Crippen molar-refractivity contribution >= 4 is 23.5 Å². The van der Waals surface area contributed by atoms with Crippen molar-refractivity contribution in [1.82, 2.24) is 0 Å². The van der Waals surface area contributed by atoms with Crippen molar-refractivity contribution in [2.45, 2.75) is 13.0 Å². The number of methoxy groups -OCH3 is 1. The van der Waals surface area contributed by atoms with Crippen molar-refractivity contribution in [3.63, 3.8) is 0 Å². The highest BCUT2D eigenvalue weighted by molar-refractivity contribution is 5.98. The second-order valence-corrected chi connectivity index (χ2v) is 5.09. The number of benzene rings is 2. The Kier molecular flexibility index (Phi) is 5.84. The molecule has 0 unspecified atom stereocenters. The maximum absolute atomic E-state index is 13.5. The van der Waals surface area contributed by atoms with E-state index in [4.69, 9.17) is 4.74 Å². The van der Waals surface area contributed by atoms with Gasteiger partial charge in [-0.2, -0.15) is 0 Å². The maximum atomic E-state index is 13.5. The van der Waals surface area contributed by atoms with Crippen LogP contribution in [0.25, 0.3) is 0 Å². The molecule has 1 N–H and O–H groups in total. The zero-order chi connectivity index (χ0) is 18.4. The lowest BCUT2D eigenvalue weighted by molar-refractivity contribution is -0.123. The number of ether oxygens (including phenoxy) is 2. The fourth-order valence-corrected chi connectivity index (χ4v) is 1.94. The molecule has 0 radical (unpaired) electrons. The molecule has 0 saturated heterocycles. The summed E-state index contributed by atoms with van der Waals surface area (Å²) >= 11 is 0. The molecular formula is C18H16FNO5. The van der Waals surface area contributed by atoms with E-state index in [0.717, 1.165) is 0 Å². The van der Waals surface area contributed by atoms with E-state index in [1.165, 1.54) is 56.5 Å². The molecule has 0 fully saturated rings. The minimum atomic E-state index is -1.13. The van der Waals surface area contributed by atoms with Crippen LogP contribution in [0.4, 0.5) is 10.1 Å². The highest BCUT2D eigenvalue weighted by Gasteiger charge is 2.20. The number of halogens is 1. The molecule has 0 aromatic heterocycles. The van der Waals surface area contributed by atoms with Crippen molar-refractivity contribution < 1.29 is 28.2 Å². The van der Waals surface area contributed by atoms with Crippen LogP contribution in [0.3, 0.4) is 0 Å². The molecule has 0 saturated carbocycles. The van der Waals surface area contributed by atoms with Gasteiger partial charge in [0.25, 0.3) is 5.91 Å². The molecular weight excluding hydrogens is 329 g/mol. The topological polar surface area (TPSA) is 81.7 Å². The summed E-state index contributed by atoms with van der Waals surface area (Å²) in [5, 5.41) is 2.35. The summed E-state index contributed by atoms with van der Waals surface area (Å²) in [4.78, 5) is 35.4. The number of rotatable bonds is 5. The van der Waals surface area contributed by atoms with E-state index < -0.39 is 29.8 Å². The second kappa shape index (κ2) is 8.05. The number of amides is 1. The van der Waals surface area contributed by atoms with Gasteiger partial charge >= 0.3 is 11.9 Å². The van der Waals surface area contributed by atoms with Crippen LogP contribution < -0.4 is 5.32 Å². The lowest BCUT2D eigenvalue weighted by atomic mass is 10.1. The fraction of sp³-hybridized carbons (Fsp3) is 0.167. The quantitative estimate of drug-likeness (QED) is 0.843. The Bertz CT molecular complexity index is 788. The molecule has 0 aliphatic carbocycles. The Morgan fingerprint density at radius 3 is 2.08 bits per heavy atom. The van der Waals surface area contributed by atoms with Gasteiger partial charge in [-0.1, -0.05) is 12.1 Å². The zero-order valence-electron chi connectivity index (χ0n) is 13.6. The van der Waals surface area contributed by atoms with E-state index in [1.54, 1.807) is 6.07 Å². The molecule has 0 aliphatic rings. The number of carbonyl (C=O) groups excluding carboxylic acids is 3. The van der Waals surface area contributed by atoms with Crippen LogP contribution in [0.1, 0.15) is 27.6 Å². The van der Waals surface area contributed by atoms with Gasteiger partial charge in [0.15, 0.2) is 6.10 Å². The molecule has 7 heteroatoms. The van der Waals surface area contributed by atoms with Crippen molar-refractivity contribution in [2.75, 3.05) is 12.4 Å². The molecule has 0 bridgehead atoms. The van der Waals surface area contributed by atoms with Gasteiger partial charge in [0.05, 0.1) is 23.9 Å². The average Bonchev–Trinajstić information content (AvgIpc) is 2.62. The van der Waals surface area contributed by atoms with Gasteiger partial charge in [0, 0.05) is 0 Å². The summed E-state index contributed by atoms with van der Waals surface area (Å²) in [6, 6.07) is 11.2. The summed E-state index contributed by atoms with van der Waals surface area (Å²) < 4.78 is 23.1. The number of nitrogens with one attached hydrogen (secondary N) is 1. The molecule has 25 heavy (non-hydrogen) atoms. The van der Waals surface area contributed by atoms with Crippen molar-refractivity contribution in [3.8, 4) is 0 Å². The smallest absolute Gasteiger partial charge is 0.338 e. The van der Waals surface area contributed by atoms with Gasteiger partial charge < -0.3 is 14.8 Å². The van der Waals surface area contributed by atoms with Gasteiger partial charge in [-0.05, 0) is 43.3 Å². The third-order valence-corrected chi connectivity index (χ3v) is 3.33. The predicted octanol–water partition coefficient (Wildman–Crippen LogP) is 2.80. The van der Waals surface area contributed by atoms with Crippen LogP contribution in [-0.4, -0.2) is 31.1 Å². The minimum Gasteiger partial charge on any atom is -0.465 e. The first-order chi connectivity index (χ1) is 11.9. The molecule has 0 aliphatic heterocycles. The standard InChI is InChI=1S/C18H16FNO5/c1-11(16(21)20-15-6-4-3-5-14(15)19)25-18(23)13-9-7-12(8-10-13)17(22)24-2/h3-11H,1-2H3,(H,20,21)/t11-/m0/s1. The summed E-state index contributed by atoms with van der Waals surface area (Å²) in [7, 11) is 1.25. The van der Waals surface area contributed by atoms with Gasteiger partial charge in [0.2, 0.25) is 0 Å². The van der Waals surface area contributed by atoms with Crippen LogP contribution in [-0.2, 0) is 14.3 Å². The van der Waals surface area contributed by atoms with Crippen LogP contribution >= 0.6 is 0 Å². The third-order valence-electron chi connectivity index (χ3n) is 3.33. The highest BCUT2D eigenvalue weighted by atomic mass is 19.1. The second-order valence-electron chi connectivity index (χ2n) is 5.09. The summed E-state index contributed by atoms with van der Waals surface area (Å²) in [6.45, 7) is 1.37. The number of anilines is 1. The van der Waals surface area contributed by atoms with E-state index >= 15 is 0 Å². The maximum Gasteiger partial charge on any atom is 0.338 e. The Balaban J connectivity index is 1.98. The Hall–Kier alpha value is -3.22. The van der Waals surface area contributed by atoms with Gasteiger partial charge in [-0.15, -0.1) is 0 Å². The Morgan fingerprint density at radius 2 is 1.52 bits per heavy atom. The molecule has 0 spiro atoms. The molecule has 2 rings (SSSR count). The van der Waals surface area contributed by atoms with Crippen LogP contribution in [0.2, 0.25) is 0 Å². The van der Waals surface area contributed by atoms with Gasteiger partial charge in [-0.25, -0.2) is 14.0 Å². The third kappa shape index (κ3) is 4.63. The average molecular weight is 345 g/mol. The van der Waals surface area contributed by atoms with Crippen molar-refractivity contribution in [1.29, 1.82) is 0 Å². The summed E-state index contributed by atoms with van der Waals surface area (Å²) in [5.41, 5.74) is 0.445. The van der Waals surface area contributed by atoms with E-state index in [0.29, 0.717) is 0 Å². The van der Waals surface area contributed by atoms with E-state index in [9.17, 15) is 18.8 Å². The van der Waals surface area contributed by atoms with E-state index in [1.807, 2.05) is 0 Å². The summed E-state index contributed by atoms with van der Waals surface area (Å²) in [5.74, 6) is -2.53. The lowest BCUT2D eigenvalue weighted by Gasteiger charge is -2.14. The van der Waals surface area contributed by atoms with Gasteiger partial charge in [-0.3, -0.25) is 4.79 Å². The monoisotopic (exact) mass is 345 g/mol. The predicted molar refractivity (Wildman–Crippen MR) is 87.7 cm³/mol. The number of para-hydroxylation sites is 1. The van der Waals surface area contributed by atoms with E-state index in [2.05, 4.69) is 10.1 Å². The number of hydrogen-bond donors (Lipinski definition) is 1. The number of hydrogen-bond acceptors (Lipinski definition) is 5. The Labute approximate surface area is 143 Å². The van der Waals surface area contributed by atoms with Gasteiger partial charge in [0.1, 0.15) is 5.82 Å². The van der Waals surface area contributed by atoms with Crippen LogP contribution in [0.15, 0.2) is 48.5 Å². The molecule has 0 heterocycles. The zero-order valence-corrected chi connectivity index (χ0v) is 13.6. The normalized spacial score (nSPS) is 11.3. The molecule has 2 aromatic rings. The molecule has 2 aromatic carbocycles. The van der Waals surface area contributed by atoms with Crippen molar-refractivity contribution in [3.05, 3.63) is 65.5 Å². The number of esters is 2. The van der Waals surface area contributed by atoms with Crippen LogP contribution in [0, 0.1) is 5.82 Å². The summed E-state index contributed by atoms with van der Waals surface area (Å²) in [6.07, 6.45) is -1.13.